The number of aryl methyl sites for hydroxylation is 1. The maximum Gasteiger partial charge on any atom is 0.0672 e. The van der Waals surface area contributed by atoms with Gasteiger partial charge in [0.2, 0.25) is 0 Å². The van der Waals surface area contributed by atoms with Gasteiger partial charge in [0.05, 0.1) is 5.69 Å². The highest BCUT2D eigenvalue weighted by Crippen LogP contribution is 2.25. The normalized spacial score (nSPS) is 14.5. The molecule has 116 valence electrons. The molecule has 1 rings (SSSR count). The Balaban J connectivity index is 3.06. The smallest absolute Gasteiger partial charge is 0.0672 e. The predicted octanol–water partition coefficient (Wildman–Crippen LogP) is 4.11. The van der Waals surface area contributed by atoms with E-state index in [0.717, 1.165) is 25.9 Å². The Morgan fingerprint density at radius 3 is 2.30 bits per heavy atom. The lowest BCUT2D eigenvalue weighted by Gasteiger charge is -2.16. The van der Waals surface area contributed by atoms with Crippen LogP contribution in [0, 0.1) is 5.92 Å². The molecule has 0 amide bonds. The van der Waals surface area contributed by atoms with E-state index in [1.807, 2.05) is 0 Å². The lowest BCUT2D eigenvalue weighted by molar-refractivity contribution is 0.410. The average Bonchev–Trinajstić information content (AvgIpc) is 2.76. The van der Waals surface area contributed by atoms with E-state index in [-0.39, 0.29) is 0 Å². The summed E-state index contributed by atoms with van der Waals surface area (Å²) in [6.07, 6.45) is 4.62. The van der Waals surface area contributed by atoms with Gasteiger partial charge in [0.25, 0.3) is 0 Å². The zero-order chi connectivity index (χ0) is 15.1. The Labute approximate surface area is 125 Å². The standard InChI is InChI=1S/C17H33N3/c1-7-11-13(5)12-20-16(9-3)17(14(6)18-10-4)15(8-2)19-20/h13-14,18H,7-12H2,1-6H3. The second-order valence-electron chi connectivity index (χ2n) is 5.87. The minimum atomic E-state index is 0.403. The first-order valence-electron chi connectivity index (χ1n) is 8.40. The summed E-state index contributed by atoms with van der Waals surface area (Å²) in [5, 5.41) is 8.45. The van der Waals surface area contributed by atoms with Crippen LogP contribution in [0.2, 0.25) is 0 Å². The van der Waals surface area contributed by atoms with Crippen molar-refractivity contribution in [1.82, 2.24) is 15.1 Å². The lowest BCUT2D eigenvalue weighted by atomic mass is 10.0. The van der Waals surface area contributed by atoms with Crippen molar-refractivity contribution < 1.29 is 0 Å². The van der Waals surface area contributed by atoms with Gasteiger partial charge in [0.1, 0.15) is 0 Å². The van der Waals surface area contributed by atoms with Crippen molar-refractivity contribution in [3.8, 4) is 0 Å². The van der Waals surface area contributed by atoms with Crippen LogP contribution in [0.1, 0.15) is 77.4 Å². The molecule has 0 aliphatic carbocycles. The molecule has 1 aromatic rings. The van der Waals surface area contributed by atoms with E-state index in [1.165, 1.54) is 29.8 Å². The number of nitrogens with one attached hydrogen (secondary N) is 1. The van der Waals surface area contributed by atoms with Crippen LogP contribution in [-0.2, 0) is 19.4 Å². The van der Waals surface area contributed by atoms with Crippen LogP contribution >= 0.6 is 0 Å². The maximum absolute atomic E-state index is 4.90. The van der Waals surface area contributed by atoms with Gasteiger partial charge in [0.15, 0.2) is 0 Å². The van der Waals surface area contributed by atoms with Crippen molar-refractivity contribution in [2.24, 2.45) is 5.92 Å². The minimum Gasteiger partial charge on any atom is -0.310 e. The van der Waals surface area contributed by atoms with Gasteiger partial charge in [-0.3, -0.25) is 4.68 Å². The van der Waals surface area contributed by atoms with E-state index in [9.17, 15) is 0 Å². The fourth-order valence-corrected chi connectivity index (χ4v) is 3.14. The number of nitrogens with zero attached hydrogens (tertiary/aromatic N) is 2. The second kappa shape index (κ2) is 8.46. The summed E-state index contributed by atoms with van der Waals surface area (Å²) in [4.78, 5) is 0. The Morgan fingerprint density at radius 2 is 1.80 bits per heavy atom. The molecule has 0 aliphatic heterocycles. The summed E-state index contributed by atoms with van der Waals surface area (Å²) in [6, 6.07) is 0.403. The SMILES string of the molecule is CCCC(C)Cn1nc(CC)c(C(C)NCC)c1CC. The maximum atomic E-state index is 4.90. The average molecular weight is 279 g/mol. The van der Waals surface area contributed by atoms with Gasteiger partial charge in [-0.15, -0.1) is 0 Å². The molecular weight excluding hydrogens is 246 g/mol. The van der Waals surface area contributed by atoms with Crippen LogP contribution in [0.4, 0.5) is 0 Å². The molecular formula is C17H33N3. The quantitative estimate of drug-likeness (QED) is 0.737. The topological polar surface area (TPSA) is 29.9 Å². The monoisotopic (exact) mass is 279 g/mol. The lowest BCUT2D eigenvalue weighted by Crippen LogP contribution is -2.20. The number of hydrogen-bond acceptors (Lipinski definition) is 2. The molecule has 0 aromatic carbocycles. The number of hydrogen-bond donors (Lipinski definition) is 1. The third kappa shape index (κ3) is 4.08. The third-order valence-electron chi connectivity index (χ3n) is 4.05. The van der Waals surface area contributed by atoms with E-state index in [4.69, 9.17) is 5.10 Å². The molecule has 0 fully saturated rings. The van der Waals surface area contributed by atoms with Crippen molar-refractivity contribution in [2.75, 3.05) is 6.54 Å². The van der Waals surface area contributed by atoms with E-state index >= 15 is 0 Å². The molecule has 1 N–H and O–H groups in total. The first-order valence-corrected chi connectivity index (χ1v) is 8.40. The Hall–Kier alpha value is -0.830. The molecule has 20 heavy (non-hydrogen) atoms. The highest BCUT2D eigenvalue weighted by atomic mass is 15.3. The molecule has 3 nitrogen and oxygen atoms in total. The molecule has 1 aromatic heterocycles. The first-order chi connectivity index (χ1) is 9.58. The molecule has 1 heterocycles. The second-order valence-corrected chi connectivity index (χ2v) is 5.87. The molecule has 0 saturated carbocycles. The molecule has 0 saturated heterocycles. The molecule has 0 aliphatic rings. The van der Waals surface area contributed by atoms with Gasteiger partial charge in [-0.25, -0.2) is 0 Å². The summed E-state index contributed by atoms with van der Waals surface area (Å²) >= 11 is 0. The summed E-state index contributed by atoms with van der Waals surface area (Å²) < 4.78 is 2.28. The van der Waals surface area contributed by atoms with Gasteiger partial charge in [-0.1, -0.05) is 41.0 Å². The molecule has 2 atom stereocenters. The molecule has 0 radical (unpaired) electrons. The van der Waals surface area contributed by atoms with Gasteiger partial charge < -0.3 is 5.32 Å². The summed E-state index contributed by atoms with van der Waals surface area (Å²) in [5.74, 6) is 0.706. The predicted molar refractivity (Wildman–Crippen MR) is 87.1 cm³/mol. The summed E-state index contributed by atoms with van der Waals surface area (Å²) in [5.41, 5.74) is 4.15. The van der Waals surface area contributed by atoms with E-state index < -0.39 is 0 Å². The van der Waals surface area contributed by atoms with Gasteiger partial charge in [-0.05, 0) is 38.6 Å². The zero-order valence-electron chi connectivity index (χ0n) is 14.3. The van der Waals surface area contributed by atoms with Crippen LogP contribution < -0.4 is 5.32 Å². The molecule has 2 unspecified atom stereocenters. The summed E-state index contributed by atoms with van der Waals surface area (Å²) in [6.45, 7) is 15.6. The molecule has 3 heteroatoms. The van der Waals surface area contributed by atoms with Crippen LogP contribution in [0.25, 0.3) is 0 Å². The largest absolute Gasteiger partial charge is 0.310 e. The Morgan fingerprint density at radius 1 is 1.10 bits per heavy atom. The van der Waals surface area contributed by atoms with Gasteiger partial charge in [-0.2, -0.15) is 5.10 Å². The van der Waals surface area contributed by atoms with Crippen molar-refractivity contribution in [2.45, 2.75) is 79.8 Å². The fourth-order valence-electron chi connectivity index (χ4n) is 3.14. The van der Waals surface area contributed by atoms with Crippen LogP contribution in [0.5, 0.6) is 0 Å². The zero-order valence-corrected chi connectivity index (χ0v) is 14.3. The summed E-state index contributed by atoms with van der Waals surface area (Å²) in [7, 11) is 0. The van der Waals surface area contributed by atoms with Crippen LogP contribution in [0.3, 0.4) is 0 Å². The Kier molecular flexibility index (Phi) is 7.28. The van der Waals surface area contributed by atoms with Gasteiger partial charge >= 0.3 is 0 Å². The van der Waals surface area contributed by atoms with Crippen molar-refractivity contribution in [1.29, 1.82) is 0 Å². The number of rotatable bonds is 9. The number of aromatic nitrogens is 2. The van der Waals surface area contributed by atoms with E-state index in [2.05, 4.69) is 51.5 Å². The molecule has 0 bridgehead atoms. The van der Waals surface area contributed by atoms with E-state index in [1.54, 1.807) is 0 Å². The van der Waals surface area contributed by atoms with Crippen molar-refractivity contribution in [3.63, 3.8) is 0 Å². The highest BCUT2D eigenvalue weighted by molar-refractivity contribution is 5.30. The molecule has 0 spiro atoms. The highest BCUT2D eigenvalue weighted by Gasteiger charge is 2.20. The van der Waals surface area contributed by atoms with Crippen molar-refractivity contribution >= 4 is 0 Å². The van der Waals surface area contributed by atoms with Crippen LogP contribution in [-0.4, -0.2) is 16.3 Å². The van der Waals surface area contributed by atoms with E-state index in [0.29, 0.717) is 12.0 Å². The third-order valence-corrected chi connectivity index (χ3v) is 4.05. The Bertz CT molecular complexity index is 395. The fraction of sp³-hybridized carbons (Fsp3) is 0.824. The first kappa shape index (κ1) is 17.2. The van der Waals surface area contributed by atoms with Crippen LogP contribution in [0.15, 0.2) is 0 Å². The van der Waals surface area contributed by atoms with Gasteiger partial charge in [0, 0.05) is 23.8 Å². The minimum absolute atomic E-state index is 0.403. The van der Waals surface area contributed by atoms with Crippen molar-refractivity contribution in [3.05, 3.63) is 17.0 Å².